The van der Waals surface area contributed by atoms with Gasteiger partial charge < -0.3 is 4.74 Å². The molecule has 1 aromatic carbocycles. The first-order valence-electron chi connectivity index (χ1n) is 4.81. The summed E-state index contributed by atoms with van der Waals surface area (Å²) in [4.78, 5) is 0. The molecule has 84 valence electrons. The Balaban J connectivity index is 2.54. The zero-order valence-electron chi connectivity index (χ0n) is 8.47. The van der Waals surface area contributed by atoms with E-state index in [0.29, 0.717) is 18.3 Å². The highest BCUT2D eigenvalue weighted by atomic mass is 79.9. The highest BCUT2D eigenvalue weighted by Crippen LogP contribution is 2.17. The number of hydrogen-bond acceptors (Lipinski definition) is 1. The average Bonchev–Trinajstić information content (AvgIpc) is 2.24. The van der Waals surface area contributed by atoms with Crippen LogP contribution < -0.4 is 4.74 Å². The molecule has 0 amide bonds. The van der Waals surface area contributed by atoms with Gasteiger partial charge in [-0.05, 0) is 18.6 Å². The van der Waals surface area contributed by atoms with Gasteiger partial charge in [0.1, 0.15) is 5.75 Å². The molecule has 0 aliphatic heterocycles. The maximum Gasteiger partial charge on any atom is 0.162 e. The van der Waals surface area contributed by atoms with Crippen LogP contribution in [0.4, 0.5) is 8.78 Å². The van der Waals surface area contributed by atoms with E-state index in [0.717, 1.165) is 23.9 Å². The Labute approximate surface area is 96.6 Å². The summed E-state index contributed by atoms with van der Waals surface area (Å²) in [6.45, 7) is 2.56. The molecule has 0 radical (unpaired) electrons. The van der Waals surface area contributed by atoms with Crippen molar-refractivity contribution in [3.63, 3.8) is 0 Å². The molecule has 0 aliphatic carbocycles. The number of hydrogen-bond donors (Lipinski definition) is 0. The Morgan fingerprint density at radius 3 is 2.60 bits per heavy atom. The van der Waals surface area contributed by atoms with E-state index in [2.05, 4.69) is 22.9 Å². The molecule has 1 nitrogen and oxygen atoms in total. The van der Waals surface area contributed by atoms with E-state index in [1.165, 1.54) is 6.07 Å². The molecular formula is C11H13BrF2O. The normalized spacial score (nSPS) is 12.5. The first-order valence-corrected chi connectivity index (χ1v) is 5.93. The van der Waals surface area contributed by atoms with Crippen molar-refractivity contribution < 1.29 is 13.5 Å². The fraction of sp³-hybridized carbons (Fsp3) is 0.455. The van der Waals surface area contributed by atoms with Crippen LogP contribution in [0.2, 0.25) is 0 Å². The standard InChI is InChI=1S/C11H13BrF2O/c1-2-8(6-12)7-15-9-3-4-10(13)11(14)5-9/h3-5,8H,2,6-7H2,1H3. The first-order chi connectivity index (χ1) is 7.17. The van der Waals surface area contributed by atoms with Crippen LogP contribution in [0.25, 0.3) is 0 Å². The van der Waals surface area contributed by atoms with Crippen molar-refractivity contribution in [3.05, 3.63) is 29.8 Å². The summed E-state index contributed by atoms with van der Waals surface area (Å²) in [5.41, 5.74) is 0. The molecule has 0 saturated heterocycles. The summed E-state index contributed by atoms with van der Waals surface area (Å²) in [6.07, 6.45) is 0.981. The molecule has 0 fully saturated rings. The Morgan fingerprint density at radius 1 is 1.33 bits per heavy atom. The molecule has 0 aromatic heterocycles. The van der Waals surface area contributed by atoms with Crippen LogP contribution in [-0.2, 0) is 0 Å². The van der Waals surface area contributed by atoms with E-state index in [4.69, 9.17) is 4.74 Å². The van der Waals surface area contributed by atoms with E-state index in [1.54, 1.807) is 0 Å². The highest BCUT2D eigenvalue weighted by Gasteiger charge is 2.07. The molecule has 1 atom stereocenters. The maximum absolute atomic E-state index is 12.8. The smallest absolute Gasteiger partial charge is 0.162 e. The van der Waals surface area contributed by atoms with Crippen molar-refractivity contribution in [2.24, 2.45) is 5.92 Å². The molecule has 1 rings (SSSR count). The quantitative estimate of drug-likeness (QED) is 0.745. The predicted molar refractivity (Wildman–Crippen MR) is 59.4 cm³/mol. The van der Waals surface area contributed by atoms with Gasteiger partial charge in [-0.1, -0.05) is 22.9 Å². The van der Waals surface area contributed by atoms with Gasteiger partial charge in [-0.15, -0.1) is 0 Å². The van der Waals surface area contributed by atoms with Gasteiger partial charge in [-0.25, -0.2) is 8.78 Å². The monoisotopic (exact) mass is 278 g/mol. The SMILES string of the molecule is CCC(CBr)COc1ccc(F)c(F)c1. The zero-order chi connectivity index (χ0) is 11.3. The van der Waals surface area contributed by atoms with Crippen LogP contribution in [0, 0.1) is 17.6 Å². The van der Waals surface area contributed by atoms with E-state index < -0.39 is 11.6 Å². The Bertz CT molecular complexity index is 313. The molecule has 1 unspecified atom stereocenters. The molecule has 0 N–H and O–H groups in total. The molecule has 1 aromatic rings. The highest BCUT2D eigenvalue weighted by molar-refractivity contribution is 9.09. The molecule has 0 saturated carbocycles. The lowest BCUT2D eigenvalue weighted by Crippen LogP contribution is -2.12. The van der Waals surface area contributed by atoms with Crippen LogP contribution in [0.3, 0.4) is 0 Å². The minimum atomic E-state index is -0.876. The maximum atomic E-state index is 12.8. The lowest BCUT2D eigenvalue weighted by atomic mass is 10.1. The molecule has 0 heterocycles. The topological polar surface area (TPSA) is 9.23 Å². The number of halogens is 3. The summed E-state index contributed by atoms with van der Waals surface area (Å²) >= 11 is 3.36. The van der Waals surface area contributed by atoms with E-state index in [-0.39, 0.29) is 0 Å². The second-order valence-electron chi connectivity index (χ2n) is 3.32. The molecule has 4 heteroatoms. The molecule has 15 heavy (non-hydrogen) atoms. The summed E-state index contributed by atoms with van der Waals surface area (Å²) in [7, 11) is 0. The predicted octanol–water partition coefficient (Wildman–Crippen LogP) is 3.76. The number of rotatable bonds is 5. The van der Waals surface area contributed by atoms with Gasteiger partial charge in [0.15, 0.2) is 11.6 Å². The number of ether oxygens (including phenoxy) is 1. The third-order valence-electron chi connectivity index (χ3n) is 2.17. The van der Waals surface area contributed by atoms with Gasteiger partial charge in [-0.3, -0.25) is 0 Å². The number of alkyl halides is 1. The van der Waals surface area contributed by atoms with Crippen LogP contribution in [0.1, 0.15) is 13.3 Å². The van der Waals surface area contributed by atoms with Crippen LogP contribution in [0.5, 0.6) is 5.75 Å². The largest absolute Gasteiger partial charge is 0.493 e. The Morgan fingerprint density at radius 2 is 2.07 bits per heavy atom. The first kappa shape index (κ1) is 12.4. The van der Waals surface area contributed by atoms with Crippen molar-refractivity contribution in [2.75, 3.05) is 11.9 Å². The van der Waals surface area contributed by atoms with Gasteiger partial charge in [0.25, 0.3) is 0 Å². The van der Waals surface area contributed by atoms with Gasteiger partial charge >= 0.3 is 0 Å². The summed E-state index contributed by atoms with van der Waals surface area (Å²) in [5.74, 6) is -0.972. The lowest BCUT2D eigenvalue weighted by molar-refractivity contribution is 0.258. The zero-order valence-corrected chi connectivity index (χ0v) is 10.1. The van der Waals surface area contributed by atoms with Gasteiger partial charge in [-0.2, -0.15) is 0 Å². The molecule has 0 bridgehead atoms. The van der Waals surface area contributed by atoms with Gasteiger partial charge in [0.2, 0.25) is 0 Å². The second kappa shape index (κ2) is 6.05. The van der Waals surface area contributed by atoms with Crippen molar-refractivity contribution in [2.45, 2.75) is 13.3 Å². The van der Waals surface area contributed by atoms with Crippen LogP contribution >= 0.6 is 15.9 Å². The summed E-state index contributed by atoms with van der Waals surface area (Å²) < 4.78 is 30.7. The van der Waals surface area contributed by atoms with Crippen molar-refractivity contribution in [3.8, 4) is 5.75 Å². The van der Waals surface area contributed by atoms with E-state index in [9.17, 15) is 8.78 Å². The van der Waals surface area contributed by atoms with E-state index in [1.807, 2.05) is 0 Å². The third-order valence-corrected chi connectivity index (χ3v) is 3.09. The lowest BCUT2D eigenvalue weighted by Gasteiger charge is -2.12. The second-order valence-corrected chi connectivity index (χ2v) is 3.96. The van der Waals surface area contributed by atoms with Crippen molar-refractivity contribution in [1.29, 1.82) is 0 Å². The van der Waals surface area contributed by atoms with Crippen LogP contribution in [-0.4, -0.2) is 11.9 Å². The Kier molecular flexibility index (Phi) is 5.02. The summed E-state index contributed by atoms with van der Waals surface area (Å²) in [5, 5.41) is 0.840. The minimum absolute atomic E-state index is 0.369. The van der Waals surface area contributed by atoms with Gasteiger partial charge in [0.05, 0.1) is 6.61 Å². The Hall–Kier alpha value is -0.640. The molecule has 0 aliphatic rings. The fourth-order valence-corrected chi connectivity index (χ4v) is 1.70. The van der Waals surface area contributed by atoms with Gasteiger partial charge in [0, 0.05) is 17.3 Å². The molecule has 0 spiro atoms. The van der Waals surface area contributed by atoms with Crippen molar-refractivity contribution >= 4 is 15.9 Å². The average molecular weight is 279 g/mol. The third kappa shape index (κ3) is 3.78. The number of benzene rings is 1. The molecular weight excluding hydrogens is 266 g/mol. The summed E-state index contributed by atoms with van der Waals surface area (Å²) in [6, 6.07) is 3.56. The van der Waals surface area contributed by atoms with Crippen molar-refractivity contribution in [1.82, 2.24) is 0 Å². The van der Waals surface area contributed by atoms with E-state index >= 15 is 0 Å². The fourth-order valence-electron chi connectivity index (χ4n) is 1.05. The van der Waals surface area contributed by atoms with Crippen LogP contribution in [0.15, 0.2) is 18.2 Å². The minimum Gasteiger partial charge on any atom is -0.493 e.